The van der Waals surface area contributed by atoms with Gasteiger partial charge in [0.2, 0.25) is 0 Å². The molecule has 0 bridgehead atoms. The van der Waals surface area contributed by atoms with Crippen molar-refractivity contribution in [3.05, 3.63) is 10.6 Å². The van der Waals surface area contributed by atoms with E-state index in [2.05, 4.69) is 10.3 Å². The topological polar surface area (TPSA) is 54.5 Å². The van der Waals surface area contributed by atoms with Gasteiger partial charge in [-0.15, -0.1) is 0 Å². The lowest BCUT2D eigenvalue weighted by Gasteiger charge is -2.08. The normalized spacial score (nSPS) is 10.5. The van der Waals surface area contributed by atoms with Crippen molar-refractivity contribution in [2.45, 2.75) is 6.92 Å². The number of nitrogens with one attached hydrogen (secondary N) is 1. The summed E-state index contributed by atoms with van der Waals surface area (Å²) in [5.74, 6) is 2.01. The molecule has 1 heterocycles. The summed E-state index contributed by atoms with van der Waals surface area (Å²) in [6.07, 6.45) is 0. The van der Waals surface area contributed by atoms with Gasteiger partial charge in [-0.25, -0.2) is 9.78 Å². The van der Waals surface area contributed by atoms with Crippen LogP contribution in [0.2, 0.25) is 0 Å². The number of thiazole rings is 1. The fraction of sp³-hybridized carbons (Fsp3) is 0.583. The first-order valence-electron chi connectivity index (χ1n) is 5.67. The molecule has 0 amide bonds. The predicted octanol–water partition coefficient (Wildman–Crippen LogP) is 1.29. The van der Waals surface area contributed by atoms with E-state index in [0.717, 1.165) is 15.7 Å². The average Bonchev–Trinajstić information content (AvgIpc) is 2.67. The molecule has 0 aromatic carbocycles. The van der Waals surface area contributed by atoms with Gasteiger partial charge in [0.1, 0.15) is 5.94 Å². The summed E-state index contributed by atoms with van der Waals surface area (Å²) in [5, 5.41) is 3.98. The zero-order valence-corrected chi connectivity index (χ0v) is 12.1. The summed E-state index contributed by atoms with van der Waals surface area (Å²) in [6.45, 7) is 3.81. The predicted molar refractivity (Wildman–Crippen MR) is 74.9 cm³/mol. The van der Waals surface area contributed by atoms with Gasteiger partial charge in [0.05, 0.1) is 22.8 Å². The van der Waals surface area contributed by atoms with E-state index >= 15 is 0 Å². The maximum Gasteiger partial charge on any atom is 0.183 e. The van der Waals surface area contributed by atoms with Crippen molar-refractivity contribution < 1.29 is 9.53 Å². The molecule has 1 aromatic rings. The summed E-state index contributed by atoms with van der Waals surface area (Å²) >= 11 is 1.48. The molecule has 1 aromatic heterocycles. The molecule has 6 heteroatoms. The first kappa shape index (κ1) is 14.9. The lowest BCUT2D eigenvalue weighted by atomic mass is 10.2. The number of anilines is 1. The van der Waals surface area contributed by atoms with Gasteiger partial charge >= 0.3 is 0 Å². The highest BCUT2D eigenvalue weighted by Crippen LogP contribution is 2.28. The number of likely N-dealkylation sites (N-methyl/N-ethyl adjacent to an activating group) is 1. The van der Waals surface area contributed by atoms with Crippen molar-refractivity contribution in [1.82, 2.24) is 9.88 Å². The van der Waals surface area contributed by atoms with Crippen molar-refractivity contribution in [1.29, 1.82) is 0 Å². The van der Waals surface area contributed by atoms with E-state index in [-0.39, 0.29) is 0 Å². The van der Waals surface area contributed by atoms with Gasteiger partial charge in [-0.2, -0.15) is 0 Å². The fourth-order valence-electron chi connectivity index (χ4n) is 1.48. The lowest BCUT2D eigenvalue weighted by molar-refractivity contribution is 0.211. The van der Waals surface area contributed by atoms with Crippen LogP contribution in [0.5, 0.6) is 0 Å². The molecule has 0 aliphatic carbocycles. The monoisotopic (exact) mass is 269 g/mol. The van der Waals surface area contributed by atoms with E-state index in [1.165, 1.54) is 11.3 Å². The van der Waals surface area contributed by atoms with Crippen molar-refractivity contribution in [3.8, 4) is 0 Å². The van der Waals surface area contributed by atoms with Gasteiger partial charge in [-0.1, -0.05) is 11.3 Å². The van der Waals surface area contributed by atoms with Gasteiger partial charge in [0.15, 0.2) is 5.13 Å². The molecule has 5 nitrogen and oxygen atoms in total. The zero-order valence-electron chi connectivity index (χ0n) is 11.2. The maximum atomic E-state index is 11.0. The quantitative estimate of drug-likeness (QED) is 0.597. The number of methoxy groups -OCH3 is 1. The minimum Gasteiger partial charge on any atom is -0.383 e. The van der Waals surface area contributed by atoms with E-state index in [0.29, 0.717) is 25.3 Å². The Morgan fingerprint density at radius 3 is 2.83 bits per heavy atom. The third kappa shape index (κ3) is 4.23. The van der Waals surface area contributed by atoms with Crippen LogP contribution in [0.15, 0.2) is 0 Å². The smallest absolute Gasteiger partial charge is 0.183 e. The number of aromatic nitrogens is 1. The Labute approximate surface area is 111 Å². The van der Waals surface area contributed by atoms with Crippen LogP contribution in [0.3, 0.4) is 0 Å². The van der Waals surface area contributed by atoms with Gasteiger partial charge in [0, 0.05) is 20.2 Å². The molecule has 0 spiro atoms. The Kier molecular flexibility index (Phi) is 6.01. The zero-order chi connectivity index (χ0) is 13.5. The molecular weight excluding hydrogens is 250 g/mol. The van der Waals surface area contributed by atoms with Crippen LogP contribution in [-0.4, -0.2) is 56.7 Å². The molecule has 0 aliphatic rings. The third-order valence-electron chi connectivity index (χ3n) is 2.25. The molecule has 0 fully saturated rings. The minimum absolute atomic E-state index is 0.573. The second kappa shape index (κ2) is 7.28. The lowest BCUT2D eigenvalue weighted by Crippen LogP contribution is -2.14. The number of aryl methyl sites for hydroxylation is 1. The van der Waals surface area contributed by atoms with Crippen molar-refractivity contribution in [2.24, 2.45) is 0 Å². The largest absolute Gasteiger partial charge is 0.383 e. The van der Waals surface area contributed by atoms with Gasteiger partial charge < -0.3 is 15.0 Å². The standard InChI is InChI=1S/C12H19N3O2S/c1-9-11(10(8-16)7-15(2)3)18-12(14-9)13-5-6-17-4/h5-7H2,1-4H3,(H,13,14). The summed E-state index contributed by atoms with van der Waals surface area (Å²) < 4.78 is 4.96. The fourth-order valence-corrected chi connectivity index (χ4v) is 2.45. The first-order valence-corrected chi connectivity index (χ1v) is 6.49. The number of nitrogens with zero attached hydrogens (tertiary/aromatic N) is 2. The first-order chi connectivity index (χ1) is 8.58. The number of hydrogen-bond donors (Lipinski definition) is 1. The second-order valence-electron chi connectivity index (χ2n) is 4.17. The van der Waals surface area contributed by atoms with E-state index in [1.54, 1.807) is 7.11 Å². The highest BCUT2D eigenvalue weighted by molar-refractivity contribution is 7.16. The summed E-state index contributed by atoms with van der Waals surface area (Å²) in [6, 6.07) is 0. The molecule has 0 unspecified atom stereocenters. The highest BCUT2D eigenvalue weighted by atomic mass is 32.1. The van der Waals surface area contributed by atoms with Crippen LogP contribution in [0, 0.1) is 6.92 Å². The molecule has 0 saturated carbocycles. The molecule has 0 atom stereocenters. The van der Waals surface area contributed by atoms with Crippen molar-refractivity contribution >= 4 is 28.0 Å². The molecule has 1 rings (SSSR count). The van der Waals surface area contributed by atoms with Crippen LogP contribution in [0.1, 0.15) is 10.6 Å². The Bertz CT molecular complexity index is 437. The van der Waals surface area contributed by atoms with Crippen LogP contribution in [0.4, 0.5) is 5.13 Å². The summed E-state index contributed by atoms with van der Waals surface area (Å²) in [7, 11) is 5.50. The van der Waals surface area contributed by atoms with Crippen molar-refractivity contribution in [3.63, 3.8) is 0 Å². The SMILES string of the molecule is COCCNc1nc(C)c(C(=C=O)CN(C)C)s1. The number of hydrogen-bond acceptors (Lipinski definition) is 6. The summed E-state index contributed by atoms with van der Waals surface area (Å²) in [4.78, 5) is 18.2. The molecule has 100 valence electrons. The van der Waals surface area contributed by atoms with Crippen LogP contribution < -0.4 is 5.32 Å². The van der Waals surface area contributed by atoms with Gasteiger partial charge in [-0.05, 0) is 21.0 Å². The van der Waals surface area contributed by atoms with Crippen molar-refractivity contribution in [2.75, 3.05) is 46.2 Å². The molecular formula is C12H19N3O2S. The number of carbonyl (C=O) groups excluding carboxylic acids is 1. The molecule has 0 radical (unpaired) electrons. The minimum atomic E-state index is 0.573. The van der Waals surface area contributed by atoms with Gasteiger partial charge in [-0.3, -0.25) is 0 Å². The molecule has 0 saturated heterocycles. The molecule has 18 heavy (non-hydrogen) atoms. The third-order valence-corrected chi connectivity index (χ3v) is 3.43. The van der Waals surface area contributed by atoms with E-state index in [4.69, 9.17) is 4.74 Å². The summed E-state index contributed by atoms with van der Waals surface area (Å²) in [5.41, 5.74) is 1.51. The highest BCUT2D eigenvalue weighted by Gasteiger charge is 2.13. The maximum absolute atomic E-state index is 11.0. The average molecular weight is 269 g/mol. The Morgan fingerprint density at radius 2 is 2.28 bits per heavy atom. The van der Waals surface area contributed by atoms with Crippen LogP contribution >= 0.6 is 11.3 Å². The Balaban J connectivity index is 2.80. The Morgan fingerprint density at radius 1 is 1.56 bits per heavy atom. The number of rotatable bonds is 7. The number of ether oxygens (including phenoxy) is 1. The van der Waals surface area contributed by atoms with Crippen LogP contribution in [0.25, 0.3) is 5.57 Å². The van der Waals surface area contributed by atoms with E-state index < -0.39 is 0 Å². The Hall–Kier alpha value is -1.20. The van der Waals surface area contributed by atoms with E-state index in [9.17, 15) is 4.79 Å². The molecule has 0 aliphatic heterocycles. The van der Waals surface area contributed by atoms with Crippen LogP contribution in [-0.2, 0) is 9.53 Å². The second-order valence-corrected chi connectivity index (χ2v) is 5.17. The molecule has 1 N–H and O–H groups in total. The van der Waals surface area contributed by atoms with E-state index in [1.807, 2.05) is 31.9 Å². The van der Waals surface area contributed by atoms with Gasteiger partial charge in [0.25, 0.3) is 0 Å².